The number of fused-ring (bicyclic) bond motifs is 1. The Kier molecular flexibility index (Phi) is 3.38. The van der Waals surface area contributed by atoms with Crippen LogP contribution in [-0.4, -0.2) is 46.2 Å². The molecule has 5 nitrogen and oxygen atoms in total. The fourth-order valence-corrected chi connectivity index (χ4v) is 3.02. The zero-order chi connectivity index (χ0) is 16.9. The number of hydrogen-bond donors (Lipinski definition) is 0. The molecular formula is C16H14F3N3O2. The standard InChI is InChI=1S/C16H14F3N3O2/c17-11-4-2-1-3-10(11)14-13-7-12(20-22(13)5-6-24-14)15(23)21-8-16(18,19)9-21/h1-4,7,14H,5-6,8-9H2. The SMILES string of the molecule is O=C(c1cc2n(n1)CCOC2c1ccccc1F)N1CC(F)(F)C1. The Morgan fingerprint density at radius 3 is 2.75 bits per heavy atom. The number of nitrogens with zero attached hydrogens (tertiary/aromatic N) is 3. The Morgan fingerprint density at radius 2 is 2.04 bits per heavy atom. The second-order valence-electron chi connectivity index (χ2n) is 5.97. The average molecular weight is 337 g/mol. The minimum atomic E-state index is -2.83. The van der Waals surface area contributed by atoms with Crippen molar-refractivity contribution in [3.05, 3.63) is 53.1 Å². The number of ether oxygens (including phenoxy) is 1. The zero-order valence-corrected chi connectivity index (χ0v) is 12.6. The molecule has 1 unspecified atom stereocenters. The van der Waals surface area contributed by atoms with E-state index in [-0.39, 0.29) is 5.69 Å². The molecule has 3 heterocycles. The van der Waals surface area contributed by atoms with Crippen molar-refractivity contribution in [2.45, 2.75) is 18.6 Å². The zero-order valence-electron chi connectivity index (χ0n) is 12.6. The third-order valence-electron chi connectivity index (χ3n) is 4.21. The molecule has 1 fully saturated rings. The molecule has 1 saturated heterocycles. The second kappa shape index (κ2) is 5.34. The molecule has 2 aliphatic rings. The van der Waals surface area contributed by atoms with E-state index in [2.05, 4.69) is 5.10 Å². The molecule has 8 heteroatoms. The van der Waals surface area contributed by atoms with Crippen molar-refractivity contribution >= 4 is 5.91 Å². The predicted molar refractivity (Wildman–Crippen MR) is 77.3 cm³/mol. The maximum atomic E-state index is 14.0. The Balaban J connectivity index is 1.64. The third kappa shape index (κ3) is 2.47. The number of carbonyl (C=O) groups is 1. The molecule has 0 spiro atoms. The molecule has 0 saturated carbocycles. The fraction of sp³-hybridized carbons (Fsp3) is 0.375. The summed E-state index contributed by atoms with van der Waals surface area (Å²) < 4.78 is 47.1. The van der Waals surface area contributed by atoms with E-state index in [4.69, 9.17) is 4.74 Å². The van der Waals surface area contributed by atoms with Crippen molar-refractivity contribution in [1.82, 2.24) is 14.7 Å². The summed E-state index contributed by atoms with van der Waals surface area (Å²) in [6.45, 7) is -0.449. The van der Waals surface area contributed by atoms with Crippen LogP contribution in [0.3, 0.4) is 0 Å². The Labute approximate surface area is 135 Å². The molecule has 126 valence electrons. The van der Waals surface area contributed by atoms with E-state index < -0.39 is 36.8 Å². The van der Waals surface area contributed by atoms with Crippen molar-refractivity contribution in [2.24, 2.45) is 0 Å². The molecule has 4 rings (SSSR count). The molecule has 24 heavy (non-hydrogen) atoms. The normalized spacial score (nSPS) is 22.0. The molecule has 2 aliphatic heterocycles. The fourth-order valence-electron chi connectivity index (χ4n) is 3.02. The van der Waals surface area contributed by atoms with Gasteiger partial charge in [-0.1, -0.05) is 18.2 Å². The largest absolute Gasteiger partial charge is 0.365 e. The maximum Gasteiger partial charge on any atom is 0.282 e. The lowest BCUT2D eigenvalue weighted by molar-refractivity contribution is -0.113. The summed E-state index contributed by atoms with van der Waals surface area (Å²) in [5.41, 5.74) is 0.974. The van der Waals surface area contributed by atoms with E-state index in [9.17, 15) is 18.0 Å². The van der Waals surface area contributed by atoms with Gasteiger partial charge in [0.25, 0.3) is 11.8 Å². The number of likely N-dealkylation sites (tertiary alicyclic amines) is 1. The van der Waals surface area contributed by atoms with Crippen molar-refractivity contribution in [3.63, 3.8) is 0 Å². The summed E-state index contributed by atoms with van der Waals surface area (Å²) in [6.07, 6.45) is -0.674. The van der Waals surface area contributed by atoms with E-state index in [1.165, 1.54) is 12.1 Å². The van der Waals surface area contributed by atoms with Crippen LogP contribution in [0.4, 0.5) is 13.2 Å². The average Bonchev–Trinajstić information content (AvgIpc) is 2.96. The van der Waals surface area contributed by atoms with Crippen molar-refractivity contribution < 1.29 is 22.7 Å². The number of alkyl halides is 2. The number of amides is 1. The van der Waals surface area contributed by atoms with E-state index in [1.807, 2.05) is 0 Å². The summed E-state index contributed by atoms with van der Waals surface area (Å²) in [5, 5.41) is 4.18. The number of benzene rings is 1. The quantitative estimate of drug-likeness (QED) is 0.844. The molecule has 0 radical (unpaired) electrons. The summed E-state index contributed by atoms with van der Waals surface area (Å²) in [7, 11) is 0. The highest BCUT2D eigenvalue weighted by Crippen LogP contribution is 2.33. The number of aromatic nitrogens is 2. The first-order valence-corrected chi connectivity index (χ1v) is 7.55. The number of carbonyl (C=O) groups excluding carboxylic acids is 1. The van der Waals surface area contributed by atoms with Gasteiger partial charge in [-0.15, -0.1) is 0 Å². The minimum Gasteiger partial charge on any atom is -0.365 e. The van der Waals surface area contributed by atoms with Gasteiger partial charge in [0.05, 0.1) is 31.9 Å². The lowest BCUT2D eigenvalue weighted by Crippen LogP contribution is -2.58. The molecule has 1 amide bonds. The van der Waals surface area contributed by atoms with Crippen LogP contribution in [0.5, 0.6) is 0 Å². The predicted octanol–water partition coefficient (Wildman–Crippen LogP) is 2.23. The van der Waals surface area contributed by atoms with Crippen LogP contribution in [0.15, 0.2) is 30.3 Å². The molecule has 0 N–H and O–H groups in total. The molecule has 1 aromatic carbocycles. The topological polar surface area (TPSA) is 47.4 Å². The lowest BCUT2D eigenvalue weighted by atomic mass is 10.0. The van der Waals surface area contributed by atoms with Crippen LogP contribution in [0.2, 0.25) is 0 Å². The monoisotopic (exact) mass is 337 g/mol. The van der Waals surface area contributed by atoms with E-state index in [0.29, 0.717) is 24.4 Å². The minimum absolute atomic E-state index is 0.0762. The summed E-state index contributed by atoms with van der Waals surface area (Å²) in [4.78, 5) is 13.3. The highest BCUT2D eigenvalue weighted by molar-refractivity contribution is 5.93. The van der Waals surface area contributed by atoms with Gasteiger partial charge in [0, 0.05) is 5.56 Å². The van der Waals surface area contributed by atoms with Crippen LogP contribution in [0.1, 0.15) is 27.8 Å². The molecule has 0 bridgehead atoms. The van der Waals surface area contributed by atoms with E-state index in [0.717, 1.165) is 4.90 Å². The Hall–Kier alpha value is -2.35. The van der Waals surface area contributed by atoms with Gasteiger partial charge in [0.1, 0.15) is 11.9 Å². The van der Waals surface area contributed by atoms with Gasteiger partial charge in [0.15, 0.2) is 5.69 Å². The summed E-state index contributed by atoms with van der Waals surface area (Å²) in [6, 6.07) is 7.72. The smallest absolute Gasteiger partial charge is 0.282 e. The first-order valence-electron chi connectivity index (χ1n) is 7.55. The molecular weight excluding hydrogens is 323 g/mol. The highest BCUT2D eigenvalue weighted by atomic mass is 19.3. The van der Waals surface area contributed by atoms with Crippen LogP contribution in [0, 0.1) is 5.82 Å². The number of hydrogen-bond acceptors (Lipinski definition) is 3. The van der Waals surface area contributed by atoms with E-state index in [1.54, 1.807) is 22.9 Å². The summed E-state index contributed by atoms with van der Waals surface area (Å²) in [5.74, 6) is -3.78. The molecule has 2 aromatic rings. The van der Waals surface area contributed by atoms with Crippen molar-refractivity contribution in [3.8, 4) is 0 Å². The van der Waals surface area contributed by atoms with Gasteiger partial charge >= 0.3 is 0 Å². The van der Waals surface area contributed by atoms with Gasteiger partial charge < -0.3 is 9.64 Å². The van der Waals surface area contributed by atoms with Gasteiger partial charge in [-0.05, 0) is 12.1 Å². The molecule has 1 aromatic heterocycles. The van der Waals surface area contributed by atoms with Crippen molar-refractivity contribution in [2.75, 3.05) is 19.7 Å². The van der Waals surface area contributed by atoms with Gasteiger partial charge in [-0.2, -0.15) is 5.10 Å². The second-order valence-corrected chi connectivity index (χ2v) is 5.97. The molecule has 0 aliphatic carbocycles. The van der Waals surface area contributed by atoms with Crippen LogP contribution in [-0.2, 0) is 11.3 Å². The van der Waals surface area contributed by atoms with Crippen LogP contribution < -0.4 is 0 Å². The molecule has 1 atom stereocenters. The number of rotatable bonds is 2. The van der Waals surface area contributed by atoms with Gasteiger partial charge in [-0.3, -0.25) is 9.48 Å². The number of halogens is 3. The van der Waals surface area contributed by atoms with Gasteiger partial charge in [0.2, 0.25) is 0 Å². The highest BCUT2D eigenvalue weighted by Gasteiger charge is 2.47. The van der Waals surface area contributed by atoms with Crippen LogP contribution >= 0.6 is 0 Å². The lowest BCUT2D eigenvalue weighted by Gasteiger charge is -2.38. The van der Waals surface area contributed by atoms with Crippen molar-refractivity contribution in [1.29, 1.82) is 0 Å². The van der Waals surface area contributed by atoms with E-state index >= 15 is 0 Å². The third-order valence-corrected chi connectivity index (χ3v) is 4.21. The first kappa shape index (κ1) is 15.2. The Morgan fingerprint density at radius 1 is 1.29 bits per heavy atom. The van der Waals surface area contributed by atoms with Crippen LogP contribution in [0.25, 0.3) is 0 Å². The Bertz CT molecular complexity index is 798. The first-order chi connectivity index (χ1) is 11.4. The summed E-state index contributed by atoms with van der Waals surface area (Å²) >= 11 is 0. The van der Waals surface area contributed by atoms with Gasteiger partial charge in [-0.25, -0.2) is 13.2 Å². The maximum absolute atomic E-state index is 14.0.